The van der Waals surface area contributed by atoms with E-state index >= 15 is 0 Å². The number of nitrogens with zero attached hydrogens (tertiary/aromatic N) is 3. The van der Waals surface area contributed by atoms with Gasteiger partial charge >= 0.3 is 5.69 Å². The van der Waals surface area contributed by atoms with Gasteiger partial charge in [-0.1, -0.05) is 21.1 Å². The van der Waals surface area contributed by atoms with Gasteiger partial charge in [-0.3, -0.25) is 10.1 Å². The molecule has 0 radical (unpaired) electrons. The molecule has 0 fully saturated rings. The Morgan fingerprint density at radius 1 is 1.43 bits per heavy atom. The molecular weight excluding hydrogens is 344 g/mol. The Hall–Kier alpha value is -2.68. The molecule has 8 nitrogen and oxygen atoms in total. The van der Waals surface area contributed by atoms with E-state index in [9.17, 15) is 10.1 Å². The highest BCUT2D eigenvalue weighted by molar-refractivity contribution is 9.10. The molecule has 0 amide bonds. The fraction of sp³-hybridized carbons (Fsp3) is 0. The molecule has 0 aliphatic heterocycles. The third-order valence-electron chi connectivity index (χ3n) is 2.45. The van der Waals surface area contributed by atoms with E-state index in [0.717, 1.165) is 0 Å². The Kier molecular flexibility index (Phi) is 4.33. The number of nitro groups is 1. The monoisotopic (exact) mass is 352 g/mol. The number of nitro benzene ring substituents is 1. The Labute approximate surface area is 127 Å². The normalized spacial score (nSPS) is 11.2. The van der Waals surface area contributed by atoms with E-state index in [1.165, 1.54) is 30.5 Å². The number of halogens is 1. The number of nitrogens with two attached hydrogens (primary N) is 1. The van der Waals surface area contributed by atoms with Crippen molar-refractivity contribution in [3.8, 4) is 11.5 Å². The Morgan fingerprint density at radius 2 is 2.19 bits per heavy atom. The number of amidine groups is 1. The van der Waals surface area contributed by atoms with Gasteiger partial charge in [-0.2, -0.15) is 0 Å². The summed E-state index contributed by atoms with van der Waals surface area (Å²) in [6.45, 7) is 0. The quantitative estimate of drug-likeness (QED) is 0.286. The zero-order valence-electron chi connectivity index (χ0n) is 10.4. The van der Waals surface area contributed by atoms with Crippen LogP contribution in [0.4, 0.5) is 5.69 Å². The lowest BCUT2D eigenvalue weighted by Crippen LogP contribution is -2.14. The van der Waals surface area contributed by atoms with Crippen LogP contribution in [0, 0.1) is 10.1 Å². The predicted molar refractivity (Wildman–Crippen MR) is 77.6 cm³/mol. The van der Waals surface area contributed by atoms with E-state index < -0.39 is 4.92 Å². The second-order valence-electron chi connectivity index (χ2n) is 3.84. The number of oxime groups is 1. The molecule has 0 spiro atoms. The van der Waals surface area contributed by atoms with Crippen LogP contribution in [0.1, 0.15) is 5.69 Å². The molecule has 0 unspecified atom stereocenters. The van der Waals surface area contributed by atoms with Crippen LogP contribution in [-0.2, 0) is 0 Å². The van der Waals surface area contributed by atoms with Crippen molar-refractivity contribution in [3.05, 3.63) is 56.8 Å². The van der Waals surface area contributed by atoms with E-state index in [4.69, 9.17) is 15.7 Å². The highest BCUT2D eigenvalue weighted by Gasteiger charge is 2.16. The van der Waals surface area contributed by atoms with Crippen LogP contribution in [0.3, 0.4) is 0 Å². The topological polar surface area (TPSA) is 124 Å². The standard InChI is InChI=1S/C12H9BrN4O4/c13-7-1-4-11(10(5-7)17(19)20)21-8-2-3-9(15-6-8)12(14)16-18/h1-6,18H,(H2,14,16). The van der Waals surface area contributed by atoms with Gasteiger partial charge in [0.1, 0.15) is 11.4 Å². The average Bonchev–Trinajstić information content (AvgIpc) is 2.49. The van der Waals surface area contributed by atoms with Crippen molar-refractivity contribution in [1.82, 2.24) is 4.98 Å². The molecule has 1 aromatic heterocycles. The average molecular weight is 353 g/mol. The lowest BCUT2D eigenvalue weighted by atomic mass is 10.3. The lowest BCUT2D eigenvalue weighted by molar-refractivity contribution is -0.385. The molecular formula is C12H9BrN4O4. The lowest BCUT2D eigenvalue weighted by Gasteiger charge is -2.06. The highest BCUT2D eigenvalue weighted by Crippen LogP contribution is 2.33. The smallest absolute Gasteiger partial charge is 0.312 e. The van der Waals surface area contributed by atoms with Crippen molar-refractivity contribution in [1.29, 1.82) is 0 Å². The summed E-state index contributed by atoms with van der Waals surface area (Å²) >= 11 is 3.16. The summed E-state index contributed by atoms with van der Waals surface area (Å²) in [5.74, 6) is 0.229. The number of benzene rings is 1. The zero-order valence-corrected chi connectivity index (χ0v) is 12.0. The number of hydrogen-bond donors (Lipinski definition) is 2. The minimum atomic E-state index is -0.543. The van der Waals surface area contributed by atoms with Crippen LogP contribution >= 0.6 is 15.9 Å². The van der Waals surface area contributed by atoms with Crippen molar-refractivity contribution in [2.45, 2.75) is 0 Å². The minimum Gasteiger partial charge on any atom is -0.449 e. The summed E-state index contributed by atoms with van der Waals surface area (Å²) in [4.78, 5) is 14.3. The summed E-state index contributed by atoms with van der Waals surface area (Å²) in [7, 11) is 0. The molecule has 0 aliphatic rings. The van der Waals surface area contributed by atoms with Gasteiger partial charge in [0, 0.05) is 10.5 Å². The van der Waals surface area contributed by atoms with Crippen molar-refractivity contribution < 1.29 is 14.9 Å². The number of ether oxygens (including phenoxy) is 1. The molecule has 0 saturated heterocycles. The van der Waals surface area contributed by atoms with Gasteiger partial charge in [-0.15, -0.1) is 0 Å². The summed E-state index contributed by atoms with van der Waals surface area (Å²) < 4.78 is 6.00. The van der Waals surface area contributed by atoms with Gasteiger partial charge in [0.05, 0.1) is 11.1 Å². The highest BCUT2D eigenvalue weighted by atomic mass is 79.9. The second kappa shape index (κ2) is 6.18. The van der Waals surface area contributed by atoms with E-state index in [1.54, 1.807) is 6.07 Å². The molecule has 1 heterocycles. The molecule has 108 valence electrons. The molecule has 3 N–H and O–H groups in total. The van der Waals surface area contributed by atoms with Crippen molar-refractivity contribution >= 4 is 27.5 Å². The number of hydrogen-bond acceptors (Lipinski definition) is 6. The summed E-state index contributed by atoms with van der Waals surface area (Å²) in [6.07, 6.45) is 1.32. The van der Waals surface area contributed by atoms with Gasteiger partial charge in [-0.25, -0.2) is 4.98 Å². The zero-order chi connectivity index (χ0) is 15.4. The third kappa shape index (κ3) is 3.45. The minimum absolute atomic E-state index is 0.0848. The summed E-state index contributed by atoms with van der Waals surface area (Å²) in [5.41, 5.74) is 5.46. The molecule has 21 heavy (non-hydrogen) atoms. The van der Waals surface area contributed by atoms with Crippen molar-refractivity contribution in [2.24, 2.45) is 10.9 Å². The van der Waals surface area contributed by atoms with Crippen molar-refractivity contribution in [2.75, 3.05) is 0 Å². The summed E-state index contributed by atoms with van der Waals surface area (Å²) in [5, 5.41) is 22.3. The van der Waals surface area contributed by atoms with Gasteiger partial charge in [0.2, 0.25) is 5.75 Å². The molecule has 0 bridgehead atoms. The van der Waals surface area contributed by atoms with Crippen LogP contribution in [0.25, 0.3) is 0 Å². The van der Waals surface area contributed by atoms with E-state index in [1.807, 2.05) is 0 Å². The number of rotatable bonds is 4. The van der Waals surface area contributed by atoms with E-state index in [2.05, 4.69) is 26.1 Å². The van der Waals surface area contributed by atoms with Gasteiger partial charge in [0.15, 0.2) is 5.84 Å². The van der Waals surface area contributed by atoms with Gasteiger partial charge < -0.3 is 15.7 Å². The van der Waals surface area contributed by atoms with Crippen LogP contribution in [0.5, 0.6) is 11.5 Å². The first kappa shape index (κ1) is 14.7. The predicted octanol–water partition coefficient (Wildman–Crippen LogP) is 2.64. The van der Waals surface area contributed by atoms with Crippen LogP contribution < -0.4 is 10.5 Å². The van der Waals surface area contributed by atoms with E-state index in [0.29, 0.717) is 4.47 Å². The summed E-state index contributed by atoms with van der Waals surface area (Å²) in [6, 6.07) is 7.41. The Bertz CT molecular complexity index is 703. The first-order valence-electron chi connectivity index (χ1n) is 5.57. The Balaban J connectivity index is 2.28. The van der Waals surface area contributed by atoms with Crippen LogP contribution in [0.15, 0.2) is 46.2 Å². The maximum Gasteiger partial charge on any atom is 0.312 e. The molecule has 1 aromatic carbocycles. The SMILES string of the molecule is N/C(=N/O)c1ccc(Oc2ccc(Br)cc2[N+](=O)[O-])cn1. The first-order chi connectivity index (χ1) is 10.0. The van der Waals surface area contributed by atoms with Gasteiger partial charge in [-0.05, 0) is 24.3 Å². The van der Waals surface area contributed by atoms with Gasteiger partial charge in [0.25, 0.3) is 0 Å². The first-order valence-corrected chi connectivity index (χ1v) is 6.36. The molecule has 9 heteroatoms. The molecule has 2 aromatic rings. The largest absolute Gasteiger partial charge is 0.449 e. The third-order valence-corrected chi connectivity index (χ3v) is 2.95. The van der Waals surface area contributed by atoms with Crippen LogP contribution in [0.2, 0.25) is 0 Å². The second-order valence-corrected chi connectivity index (χ2v) is 4.75. The molecule has 0 saturated carbocycles. The molecule has 0 atom stereocenters. The Morgan fingerprint density at radius 3 is 2.76 bits per heavy atom. The fourth-order valence-corrected chi connectivity index (χ4v) is 1.84. The maximum absolute atomic E-state index is 11.0. The van der Waals surface area contributed by atoms with Crippen molar-refractivity contribution in [3.63, 3.8) is 0 Å². The van der Waals surface area contributed by atoms with Crippen LogP contribution in [-0.4, -0.2) is 21.0 Å². The maximum atomic E-state index is 11.0. The number of aromatic nitrogens is 1. The fourth-order valence-electron chi connectivity index (χ4n) is 1.49. The molecule has 0 aliphatic carbocycles. The molecule has 2 rings (SSSR count). The number of pyridine rings is 1. The van der Waals surface area contributed by atoms with E-state index in [-0.39, 0.29) is 28.7 Å².